The third-order valence-corrected chi connectivity index (χ3v) is 4.60. The predicted octanol–water partition coefficient (Wildman–Crippen LogP) is 2.14. The molecule has 0 amide bonds. The maximum atomic E-state index is 11.5. The van der Waals surface area contributed by atoms with Gasteiger partial charge in [-0.3, -0.25) is 10.1 Å². The highest BCUT2D eigenvalue weighted by Crippen LogP contribution is 2.35. The van der Waals surface area contributed by atoms with Crippen LogP contribution in [0.3, 0.4) is 0 Å². The fourth-order valence-electron chi connectivity index (χ4n) is 3.29. The highest BCUT2D eigenvalue weighted by molar-refractivity contribution is 5.42. The molecule has 2 aromatic carbocycles. The van der Waals surface area contributed by atoms with E-state index >= 15 is 0 Å². The minimum Gasteiger partial charge on any atom is -0.353 e. The summed E-state index contributed by atoms with van der Waals surface area (Å²) >= 11 is 0. The molecule has 0 spiro atoms. The van der Waals surface area contributed by atoms with Crippen molar-refractivity contribution in [3.63, 3.8) is 0 Å². The smallest absolute Gasteiger partial charge is 0.353 e. The molecule has 7 nitrogen and oxygen atoms in total. The van der Waals surface area contributed by atoms with Gasteiger partial charge in [-0.05, 0) is 17.7 Å². The fraction of sp³-hybridized carbons (Fsp3) is 0.158. The second-order valence-electron chi connectivity index (χ2n) is 6.24. The van der Waals surface area contributed by atoms with Crippen LogP contribution in [0.15, 0.2) is 73.1 Å². The van der Waals surface area contributed by atoms with E-state index < -0.39 is 10.6 Å². The van der Waals surface area contributed by atoms with Gasteiger partial charge >= 0.3 is 5.95 Å². The molecule has 130 valence electrons. The molecular weight excluding hydrogens is 332 g/mol. The molecule has 0 aliphatic carbocycles. The van der Waals surface area contributed by atoms with Gasteiger partial charge in [0.1, 0.15) is 12.7 Å². The summed E-state index contributed by atoms with van der Waals surface area (Å²) in [4.78, 5) is 16.7. The van der Waals surface area contributed by atoms with Crippen LogP contribution in [0.1, 0.15) is 11.1 Å². The van der Waals surface area contributed by atoms with E-state index in [0.29, 0.717) is 24.6 Å². The monoisotopic (exact) mass is 349 g/mol. The van der Waals surface area contributed by atoms with Crippen LogP contribution in [0, 0.1) is 10.1 Å². The summed E-state index contributed by atoms with van der Waals surface area (Å²) in [6.07, 6.45) is 3.55. The third-order valence-electron chi connectivity index (χ3n) is 4.60. The lowest BCUT2D eigenvalue weighted by atomic mass is 10.0. The van der Waals surface area contributed by atoms with Crippen molar-refractivity contribution in [3.8, 4) is 0 Å². The van der Waals surface area contributed by atoms with Crippen LogP contribution in [-0.2, 0) is 18.8 Å². The normalized spacial score (nSPS) is 18.6. The molecule has 1 unspecified atom stereocenters. The number of hydrogen-bond acceptors (Lipinski definition) is 5. The molecule has 4 rings (SSSR count). The fourth-order valence-corrected chi connectivity index (χ4v) is 3.29. The van der Waals surface area contributed by atoms with E-state index in [2.05, 4.69) is 4.98 Å². The first-order valence-corrected chi connectivity index (χ1v) is 8.21. The first kappa shape index (κ1) is 16.2. The highest BCUT2D eigenvalue weighted by atomic mass is 16.6. The Labute approximate surface area is 149 Å². The quantitative estimate of drug-likeness (QED) is 0.443. The number of aliphatic hydroxyl groups is 1. The van der Waals surface area contributed by atoms with E-state index in [9.17, 15) is 15.2 Å². The van der Waals surface area contributed by atoms with Crippen molar-refractivity contribution in [1.82, 2.24) is 4.98 Å². The van der Waals surface area contributed by atoms with Crippen LogP contribution in [0.25, 0.3) is 0 Å². The molecule has 2 heterocycles. The molecule has 0 fully saturated rings. The second-order valence-corrected chi connectivity index (χ2v) is 6.24. The number of hydrogen-bond donors (Lipinski definition) is 1. The number of fused-ring (bicyclic) bond motifs is 1. The van der Waals surface area contributed by atoms with Gasteiger partial charge in [-0.25, -0.2) is 9.47 Å². The molecule has 1 N–H and O–H groups in total. The molecule has 1 atom stereocenters. The molecule has 0 saturated carbocycles. The molecular formula is C19H17N4O3+. The maximum absolute atomic E-state index is 11.5. The number of benzene rings is 2. The number of nitro benzene ring substituents is 1. The molecule has 0 bridgehead atoms. The highest BCUT2D eigenvalue weighted by Gasteiger charge is 2.51. The summed E-state index contributed by atoms with van der Waals surface area (Å²) in [7, 11) is 0. The molecule has 7 heteroatoms. The van der Waals surface area contributed by atoms with Crippen LogP contribution in [0.5, 0.6) is 0 Å². The Kier molecular flexibility index (Phi) is 3.85. The molecule has 1 aromatic heterocycles. The summed E-state index contributed by atoms with van der Waals surface area (Å²) in [5, 5.41) is 22.4. The first-order valence-electron chi connectivity index (χ1n) is 8.21. The van der Waals surface area contributed by atoms with Crippen molar-refractivity contribution in [2.45, 2.75) is 18.8 Å². The van der Waals surface area contributed by atoms with Crippen LogP contribution < -0.4 is 9.47 Å². The van der Waals surface area contributed by atoms with E-state index in [1.54, 1.807) is 18.3 Å². The summed E-state index contributed by atoms with van der Waals surface area (Å²) < 4.78 is 1.88. The number of nitrogens with zero attached hydrogens (tertiary/aromatic N) is 4. The van der Waals surface area contributed by atoms with Gasteiger partial charge in [0.25, 0.3) is 5.69 Å². The Morgan fingerprint density at radius 3 is 2.58 bits per heavy atom. The molecule has 0 saturated heterocycles. The van der Waals surface area contributed by atoms with Gasteiger partial charge in [-0.2, -0.15) is 0 Å². The van der Waals surface area contributed by atoms with Crippen molar-refractivity contribution in [2.24, 2.45) is 0 Å². The summed E-state index contributed by atoms with van der Waals surface area (Å²) in [5.41, 5.74) is 0.275. The van der Waals surface area contributed by atoms with Gasteiger partial charge in [-0.1, -0.05) is 35.3 Å². The zero-order valence-corrected chi connectivity index (χ0v) is 13.9. The van der Waals surface area contributed by atoms with Gasteiger partial charge in [0.15, 0.2) is 0 Å². The number of aromatic nitrogens is 2. The summed E-state index contributed by atoms with van der Waals surface area (Å²) in [5.74, 6) is 0.650. The summed E-state index contributed by atoms with van der Waals surface area (Å²) in [6.45, 7) is 0.756. The first-order chi connectivity index (χ1) is 12.6. The van der Waals surface area contributed by atoms with Crippen molar-refractivity contribution in [2.75, 3.05) is 4.90 Å². The van der Waals surface area contributed by atoms with Crippen LogP contribution in [-0.4, -0.2) is 15.0 Å². The maximum Gasteiger partial charge on any atom is 0.397 e. The average molecular weight is 349 g/mol. The lowest BCUT2D eigenvalue weighted by Gasteiger charge is -2.28. The van der Waals surface area contributed by atoms with Crippen LogP contribution in [0.2, 0.25) is 0 Å². The Morgan fingerprint density at radius 2 is 1.88 bits per heavy atom. The minimum atomic E-state index is -1.34. The van der Waals surface area contributed by atoms with Gasteiger partial charge < -0.3 is 5.11 Å². The zero-order chi connectivity index (χ0) is 18.1. The lowest BCUT2D eigenvalue weighted by Crippen LogP contribution is -2.45. The minimum absolute atomic E-state index is 0.00625. The van der Waals surface area contributed by atoms with Crippen LogP contribution in [0.4, 0.5) is 11.6 Å². The summed E-state index contributed by atoms with van der Waals surface area (Å²) in [6, 6.07) is 17.6. The van der Waals surface area contributed by atoms with E-state index in [-0.39, 0.29) is 5.69 Å². The second kappa shape index (κ2) is 6.20. The Balaban J connectivity index is 1.76. The van der Waals surface area contributed by atoms with Gasteiger partial charge in [0.05, 0.1) is 17.7 Å². The Morgan fingerprint density at radius 1 is 1.15 bits per heavy atom. The van der Waals surface area contributed by atoms with E-state index in [0.717, 1.165) is 5.56 Å². The number of non-ortho nitro benzene ring substituents is 1. The van der Waals surface area contributed by atoms with Crippen molar-refractivity contribution in [3.05, 3.63) is 94.3 Å². The SMILES string of the molecule is O=[N+]([O-])c1ccc(C2(O)C[n+]3cccnc3N2Cc2ccccc2)cc1. The number of rotatable bonds is 4. The molecule has 26 heavy (non-hydrogen) atoms. The van der Waals surface area contributed by atoms with Crippen LogP contribution >= 0.6 is 0 Å². The van der Waals surface area contributed by atoms with Crippen molar-refractivity contribution in [1.29, 1.82) is 0 Å². The largest absolute Gasteiger partial charge is 0.397 e. The zero-order valence-electron chi connectivity index (χ0n) is 13.9. The Hall–Kier alpha value is -3.32. The topological polar surface area (TPSA) is 83.4 Å². The predicted molar refractivity (Wildman–Crippen MR) is 94.1 cm³/mol. The van der Waals surface area contributed by atoms with E-state index in [4.69, 9.17) is 0 Å². The average Bonchev–Trinajstić information content (AvgIpc) is 2.96. The molecule has 1 aliphatic heterocycles. The third kappa shape index (κ3) is 2.68. The van der Waals surface area contributed by atoms with Gasteiger partial charge in [-0.15, -0.1) is 0 Å². The van der Waals surface area contributed by atoms with Gasteiger partial charge in [0, 0.05) is 23.8 Å². The molecule has 3 aromatic rings. The standard InChI is InChI=1S/C19H17N4O3/c24-19(16-7-9-17(10-8-16)23(25)26)14-21-12-4-11-20-18(21)22(19)13-15-5-2-1-3-6-15/h1-12,24H,13-14H2/q+1. The van der Waals surface area contributed by atoms with E-state index in [1.807, 2.05) is 52.1 Å². The number of nitro groups is 1. The number of anilines is 1. The lowest BCUT2D eigenvalue weighted by molar-refractivity contribution is -0.685. The molecule has 1 aliphatic rings. The van der Waals surface area contributed by atoms with Gasteiger partial charge in [0.2, 0.25) is 5.72 Å². The van der Waals surface area contributed by atoms with E-state index in [1.165, 1.54) is 12.1 Å². The molecule has 0 radical (unpaired) electrons. The Bertz CT molecular complexity index is 947. The van der Waals surface area contributed by atoms with Crippen molar-refractivity contribution < 1.29 is 14.6 Å². The van der Waals surface area contributed by atoms with Crippen molar-refractivity contribution >= 4 is 11.6 Å².